The zero-order valence-electron chi connectivity index (χ0n) is 18.3. The van der Waals surface area contributed by atoms with Crippen LogP contribution in [-0.2, 0) is 24.0 Å². The molecular formula is C19H34N4O7S. The highest BCUT2D eigenvalue weighted by molar-refractivity contribution is 7.80. The summed E-state index contributed by atoms with van der Waals surface area (Å²) in [6, 6.07) is -4.80. The van der Waals surface area contributed by atoms with Crippen molar-refractivity contribution in [3.63, 3.8) is 0 Å². The largest absolute Gasteiger partial charge is 0.481 e. The quantitative estimate of drug-likeness (QED) is 0.166. The molecule has 0 bridgehead atoms. The zero-order chi connectivity index (χ0) is 24.3. The molecule has 0 aliphatic heterocycles. The van der Waals surface area contributed by atoms with Crippen molar-refractivity contribution >= 4 is 42.3 Å². The maximum Gasteiger partial charge on any atom is 0.326 e. The van der Waals surface area contributed by atoms with Gasteiger partial charge in [-0.15, -0.1) is 0 Å². The fourth-order valence-electron chi connectivity index (χ4n) is 2.63. The van der Waals surface area contributed by atoms with Crippen molar-refractivity contribution in [1.82, 2.24) is 16.0 Å². The molecule has 11 nitrogen and oxygen atoms in total. The number of thiol groups is 1. The summed E-state index contributed by atoms with van der Waals surface area (Å²) in [5.74, 6) is -5.66. The van der Waals surface area contributed by atoms with Gasteiger partial charge in [-0.3, -0.25) is 19.2 Å². The van der Waals surface area contributed by atoms with Crippen molar-refractivity contribution in [2.45, 2.75) is 71.1 Å². The molecule has 0 spiro atoms. The van der Waals surface area contributed by atoms with E-state index in [1.54, 1.807) is 27.7 Å². The second kappa shape index (κ2) is 13.9. The van der Waals surface area contributed by atoms with Gasteiger partial charge in [0.2, 0.25) is 17.7 Å². The minimum absolute atomic E-state index is 0.0165. The topological polar surface area (TPSA) is 188 Å². The van der Waals surface area contributed by atoms with Crippen LogP contribution in [0.2, 0.25) is 0 Å². The lowest BCUT2D eigenvalue weighted by molar-refractivity contribution is -0.144. The average molecular weight is 463 g/mol. The predicted octanol–water partition coefficient (Wildman–Crippen LogP) is -0.651. The maximum atomic E-state index is 12.8. The molecule has 12 heteroatoms. The van der Waals surface area contributed by atoms with Crippen LogP contribution in [0.3, 0.4) is 0 Å². The van der Waals surface area contributed by atoms with Gasteiger partial charge in [-0.2, -0.15) is 12.6 Å². The molecule has 0 aromatic carbocycles. The number of amides is 3. The molecule has 0 aliphatic carbocycles. The third-order valence-electron chi connectivity index (χ3n) is 5.12. The lowest BCUT2D eigenvalue weighted by Gasteiger charge is -2.29. The molecule has 3 amide bonds. The Labute approximate surface area is 187 Å². The number of carbonyl (C=O) groups is 5. The van der Waals surface area contributed by atoms with Crippen LogP contribution in [-0.4, -0.2) is 69.8 Å². The summed E-state index contributed by atoms with van der Waals surface area (Å²) in [4.78, 5) is 60.2. The van der Waals surface area contributed by atoms with Crippen LogP contribution in [0.1, 0.15) is 47.0 Å². The van der Waals surface area contributed by atoms with E-state index < -0.39 is 66.2 Å². The molecule has 6 unspecified atom stereocenters. The Morgan fingerprint density at radius 3 is 1.74 bits per heavy atom. The molecule has 0 radical (unpaired) electrons. The van der Waals surface area contributed by atoms with Crippen molar-refractivity contribution in [2.75, 3.05) is 5.75 Å². The number of carboxylic acids is 2. The van der Waals surface area contributed by atoms with Crippen molar-refractivity contribution in [1.29, 1.82) is 0 Å². The molecule has 0 saturated carbocycles. The van der Waals surface area contributed by atoms with E-state index in [4.69, 9.17) is 10.8 Å². The van der Waals surface area contributed by atoms with E-state index in [-0.39, 0.29) is 11.7 Å². The van der Waals surface area contributed by atoms with Crippen molar-refractivity contribution in [3.8, 4) is 0 Å². The molecule has 0 rings (SSSR count). The van der Waals surface area contributed by atoms with Crippen LogP contribution < -0.4 is 21.7 Å². The first-order valence-electron chi connectivity index (χ1n) is 10.1. The second-order valence-electron chi connectivity index (χ2n) is 7.53. The Kier molecular flexibility index (Phi) is 12.8. The first-order valence-corrected chi connectivity index (χ1v) is 10.7. The van der Waals surface area contributed by atoms with E-state index in [1.807, 2.05) is 0 Å². The summed E-state index contributed by atoms with van der Waals surface area (Å²) in [7, 11) is 0. The average Bonchev–Trinajstić information content (AvgIpc) is 2.72. The summed E-state index contributed by atoms with van der Waals surface area (Å²) in [5, 5.41) is 25.7. The summed E-state index contributed by atoms with van der Waals surface area (Å²) in [5.41, 5.74) is 5.55. The molecule has 0 aliphatic rings. The summed E-state index contributed by atoms with van der Waals surface area (Å²) in [6.07, 6.45) is 0.256. The molecule has 0 heterocycles. The zero-order valence-corrected chi connectivity index (χ0v) is 19.1. The minimum atomic E-state index is -1.47. The van der Waals surface area contributed by atoms with Crippen LogP contribution >= 0.6 is 12.6 Å². The van der Waals surface area contributed by atoms with Crippen LogP contribution in [0.25, 0.3) is 0 Å². The van der Waals surface area contributed by atoms with Gasteiger partial charge in [-0.05, 0) is 11.8 Å². The Bertz CT molecular complexity index is 661. The molecule has 0 saturated heterocycles. The van der Waals surface area contributed by atoms with Gasteiger partial charge in [0, 0.05) is 5.75 Å². The number of carboxylic acid groups (broad SMARTS) is 2. The molecular weight excluding hydrogens is 428 g/mol. The van der Waals surface area contributed by atoms with Crippen molar-refractivity contribution in [2.24, 2.45) is 17.6 Å². The smallest absolute Gasteiger partial charge is 0.326 e. The Morgan fingerprint density at radius 2 is 1.32 bits per heavy atom. The standard InChI is InChI=1S/C19H34N4O7S/c1-5-9(3)14(18(28)23-15(19(29)30)10(4)6-2)22-17(27)12(7-13(24)25)21-16(26)11(20)8-31/h9-12,14-15,31H,5-8,20H2,1-4H3,(H,21,26)(H,22,27)(H,23,28)(H,24,25)(H,29,30). The highest BCUT2D eigenvalue weighted by Gasteiger charge is 2.34. The van der Waals surface area contributed by atoms with Gasteiger partial charge in [0.25, 0.3) is 0 Å². The third kappa shape index (κ3) is 9.55. The monoisotopic (exact) mass is 462 g/mol. The van der Waals surface area contributed by atoms with Gasteiger partial charge in [0.1, 0.15) is 18.1 Å². The van der Waals surface area contributed by atoms with E-state index in [1.165, 1.54) is 0 Å². The number of nitrogens with one attached hydrogen (secondary N) is 3. The van der Waals surface area contributed by atoms with E-state index >= 15 is 0 Å². The maximum absolute atomic E-state index is 12.8. The number of aliphatic carboxylic acids is 2. The molecule has 0 fully saturated rings. The second-order valence-corrected chi connectivity index (χ2v) is 7.90. The molecule has 0 aromatic rings. The minimum Gasteiger partial charge on any atom is -0.481 e. The van der Waals surface area contributed by atoms with Crippen LogP contribution in [0.4, 0.5) is 0 Å². The van der Waals surface area contributed by atoms with Gasteiger partial charge in [-0.1, -0.05) is 40.5 Å². The number of nitrogens with two attached hydrogens (primary N) is 1. The highest BCUT2D eigenvalue weighted by atomic mass is 32.1. The van der Waals surface area contributed by atoms with Crippen LogP contribution in [0.5, 0.6) is 0 Å². The highest BCUT2D eigenvalue weighted by Crippen LogP contribution is 2.12. The van der Waals surface area contributed by atoms with Crippen molar-refractivity contribution < 1.29 is 34.2 Å². The van der Waals surface area contributed by atoms with Crippen molar-refractivity contribution in [3.05, 3.63) is 0 Å². The summed E-state index contributed by atoms with van der Waals surface area (Å²) in [6.45, 7) is 6.93. The predicted molar refractivity (Wildman–Crippen MR) is 116 cm³/mol. The molecule has 178 valence electrons. The fourth-order valence-corrected chi connectivity index (χ4v) is 2.79. The summed E-state index contributed by atoms with van der Waals surface area (Å²) < 4.78 is 0. The Balaban J connectivity index is 5.59. The molecule has 6 atom stereocenters. The first-order chi connectivity index (χ1) is 14.4. The van der Waals surface area contributed by atoms with Gasteiger partial charge in [0.15, 0.2) is 0 Å². The van der Waals surface area contributed by atoms with Crippen LogP contribution in [0, 0.1) is 11.8 Å². The lowest BCUT2D eigenvalue weighted by Crippen LogP contribution is -2.59. The van der Waals surface area contributed by atoms with Gasteiger partial charge >= 0.3 is 11.9 Å². The number of rotatable bonds is 14. The van der Waals surface area contributed by atoms with Gasteiger partial charge in [0.05, 0.1) is 12.5 Å². The lowest BCUT2D eigenvalue weighted by atomic mass is 9.95. The Hall–Kier alpha value is -2.34. The Morgan fingerprint density at radius 1 is 0.839 bits per heavy atom. The first kappa shape index (κ1) is 28.7. The SMILES string of the molecule is CCC(C)C(NC(=O)C(NC(=O)C(CC(=O)O)NC(=O)C(N)CS)C(C)CC)C(=O)O. The molecule has 7 N–H and O–H groups in total. The van der Waals surface area contributed by atoms with E-state index in [0.29, 0.717) is 12.8 Å². The van der Waals surface area contributed by atoms with Gasteiger partial charge in [-0.25, -0.2) is 4.79 Å². The third-order valence-corrected chi connectivity index (χ3v) is 5.51. The summed E-state index contributed by atoms with van der Waals surface area (Å²) >= 11 is 3.89. The number of carbonyl (C=O) groups excluding carboxylic acids is 3. The molecule has 31 heavy (non-hydrogen) atoms. The number of hydrogen-bond donors (Lipinski definition) is 7. The van der Waals surface area contributed by atoms with E-state index in [9.17, 15) is 29.1 Å². The van der Waals surface area contributed by atoms with E-state index in [0.717, 1.165) is 0 Å². The fraction of sp³-hybridized carbons (Fsp3) is 0.737. The van der Waals surface area contributed by atoms with Crippen LogP contribution in [0.15, 0.2) is 0 Å². The van der Waals surface area contributed by atoms with E-state index in [2.05, 4.69) is 28.6 Å². The number of hydrogen-bond acceptors (Lipinski definition) is 7. The normalized spacial score (nSPS) is 16.7. The van der Waals surface area contributed by atoms with Gasteiger partial charge < -0.3 is 31.9 Å². The molecule has 0 aromatic heterocycles.